The number of nitrogens with one attached hydrogen (secondary N) is 2. The fourth-order valence-corrected chi connectivity index (χ4v) is 1.57. The summed E-state index contributed by atoms with van der Waals surface area (Å²) in [5, 5.41) is 2.84. The maximum atomic E-state index is 11.9. The van der Waals surface area contributed by atoms with Gasteiger partial charge in [0.25, 0.3) is 5.91 Å². The normalized spacial score (nSPS) is 12.1. The van der Waals surface area contributed by atoms with E-state index in [0.29, 0.717) is 12.3 Å². The average Bonchev–Trinajstić information content (AvgIpc) is 2.93. The number of hydrogen-bond acceptors (Lipinski definition) is 4. The highest BCUT2D eigenvalue weighted by Crippen LogP contribution is 2.10. The van der Waals surface area contributed by atoms with Gasteiger partial charge in [0.15, 0.2) is 0 Å². The molecule has 94 valence electrons. The van der Waals surface area contributed by atoms with E-state index in [1.807, 2.05) is 18.2 Å². The average molecular weight is 246 g/mol. The van der Waals surface area contributed by atoms with Gasteiger partial charge in [-0.3, -0.25) is 9.78 Å². The number of H-pyrrole nitrogens is 1. The molecule has 0 saturated heterocycles. The second-order valence-corrected chi connectivity index (χ2v) is 3.70. The lowest BCUT2D eigenvalue weighted by Gasteiger charge is -2.16. The topological polar surface area (TPSA) is 79.9 Å². The van der Waals surface area contributed by atoms with Crippen molar-refractivity contribution < 1.29 is 9.53 Å². The van der Waals surface area contributed by atoms with Crippen LogP contribution in [0.1, 0.15) is 22.2 Å². The largest absolute Gasteiger partial charge is 0.382 e. The minimum Gasteiger partial charge on any atom is -0.382 e. The Labute approximate surface area is 104 Å². The van der Waals surface area contributed by atoms with Gasteiger partial charge in [-0.15, -0.1) is 0 Å². The van der Waals surface area contributed by atoms with Crippen molar-refractivity contribution in [1.29, 1.82) is 0 Å². The van der Waals surface area contributed by atoms with Crippen molar-refractivity contribution in [3.05, 3.63) is 48.3 Å². The van der Waals surface area contributed by atoms with Crippen LogP contribution in [0.2, 0.25) is 0 Å². The van der Waals surface area contributed by atoms with Crippen molar-refractivity contribution in [1.82, 2.24) is 20.3 Å². The van der Waals surface area contributed by atoms with Crippen LogP contribution in [-0.4, -0.2) is 34.6 Å². The van der Waals surface area contributed by atoms with Crippen LogP contribution in [0.4, 0.5) is 0 Å². The summed E-state index contributed by atoms with van der Waals surface area (Å²) in [4.78, 5) is 22.7. The molecule has 0 saturated carbocycles. The lowest BCUT2D eigenvalue weighted by molar-refractivity contribution is 0.0890. The van der Waals surface area contributed by atoms with Crippen molar-refractivity contribution in [2.24, 2.45) is 0 Å². The first-order valence-electron chi connectivity index (χ1n) is 5.50. The molecule has 2 aromatic rings. The summed E-state index contributed by atoms with van der Waals surface area (Å²) in [7, 11) is 1.58. The Kier molecular flexibility index (Phi) is 4.03. The van der Waals surface area contributed by atoms with E-state index >= 15 is 0 Å². The Balaban J connectivity index is 2.10. The molecule has 6 nitrogen and oxygen atoms in total. The quantitative estimate of drug-likeness (QED) is 0.822. The number of aromatic nitrogens is 3. The van der Waals surface area contributed by atoms with Crippen LogP contribution in [-0.2, 0) is 4.74 Å². The van der Waals surface area contributed by atoms with Gasteiger partial charge in [0.05, 0.1) is 30.9 Å². The van der Waals surface area contributed by atoms with Gasteiger partial charge < -0.3 is 15.0 Å². The highest BCUT2D eigenvalue weighted by Gasteiger charge is 2.17. The highest BCUT2D eigenvalue weighted by molar-refractivity contribution is 5.92. The number of methoxy groups -OCH3 is 1. The summed E-state index contributed by atoms with van der Waals surface area (Å²) >= 11 is 0. The monoisotopic (exact) mass is 246 g/mol. The molecule has 1 amide bonds. The number of ether oxygens (including phenoxy) is 1. The maximum Gasteiger partial charge on any atom is 0.269 e. The van der Waals surface area contributed by atoms with E-state index in [9.17, 15) is 4.79 Å². The predicted molar refractivity (Wildman–Crippen MR) is 64.9 cm³/mol. The first kappa shape index (κ1) is 12.3. The molecule has 0 radical (unpaired) electrons. The molecule has 2 aromatic heterocycles. The van der Waals surface area contributed by atoms with Crippen LogP contribution in [0, 0.1) is 0 Å². The van der Waals surface area contributed by atoms with Gasteiger partial charge in [0.2, 0.25) is 0 Å². The molecule has 6 heteroatoms. The van der Waals surface area contributed by atoms with Gasteiger partial charge in [0.1, 0.15) is 5.69 Å². The fourth-order valence-electron chi connectivity index (χ4n) is 1.57. The van der Waals surface area contributed by atoms with Crippen molar-refractivity contribution in [2.45, 2.75) is 6.04 Å². The van der Waals surface area contributed by atoms with Crippen LogP contribution < -0.4 is 5.32 Å². The number of amides is 1. The Hall–Kier alpha value is -2.21. The van der Waals surface area contributed by atoms with E-state index in [0.717, 1.165) is 5.69 Å². The number of hydrogen-bond donors (Lipinski definition) is 2. The van der Waals surface area contributed by atoms with Gasteiger partial charge >= 0.3 is 0 Å². The first-order chi connectivity index (χ1) is 8.81. The number of imidazole rings is 1. The maximum absolute atomic E-state index is 11.9. The van der Waals surface area contributed by atoms with Crippen LogP contribution in [0.15, 0.2) is 36.9 Å². The highest BCUT2D eigenvalue weighted by atomic mass is 16.5. The molecule has 0 aliphatic heterocycles. The van der Waals surface area contributed by atoms with Crippen molar-refractivity contribution in [3.63, 3.8) is 0 Å². The molecule has 0 fully saturated rings. The van der Waals surface area contributed by atoms with Crippen molar-refractivity contribution in [2.75, 3.05) is 13.7 Å². The summed E-state index contributed by atoms with van der Waals surface area (Å²) in [5.41, 5.74) is 1.17. The molecule has 2 rings (SSSR count). The third kappa shape index (κ3) is 2.92. The van der Waals surface area contributed by atoms with E-state index in [2.05, 4.69) is 20.3 Å². The number of nitrogens with zero attached hydrogens (tertiary/aromatic N) is 2. The number of carbonyl (C=O) groups excluding carboxylic acids is 1. The van der Waals surface area contributed by atoms with Crippen LogP contribution >= 0.6 is 0 Å². The second kappa shape index (κ2) is 5.92. The van der Waals surface area contributed by atoms with Crippen molar-refractivity contribution >= 4 is 5.91 Å². The van der Waals surface area contributed by atoms with E-state index < -0.39 is 0 Å². The van der Waals surface area contributed by atoms with Crippen LogP contribution in [0.5, 0.6) is 0 Å². The molecule has 0 aliphatic rings. The summed E-state index contributed by atoms with van der Waals surface area (Å²) < 4.78 is 5.10. The molecule has 0 bridgehead atoms. The van der Waals surface area contributed by atoms with E-state index in [-0.39, 0.29) is 11.9 Å². The molecular weight excluding hydrogens is 232 g/mol. The smallest absolute Gasteiger partial charge is 0.269 e. The molecule has 0 spiro atoms. The van der Waals surface area contributed by atoms with Gasteiger partial charge in [-0.1, -0.05) is 6.07 Å². The zero-order valence-electron chi connectivity index (χ0n) is 9.96. The van der Waals surface area contributed by atoms with Crippen LogP contribution in [0.25, 0.3) is 0 Å². The molecule has 18 heavy (non-hydrogen) atoms. The van der Waals surface area contributed by atoms with Crippen LogP contribution in [0.3, 0.4) is 0 Å². The second-order valence-electron chi connectivity index (χ2n) is 3.70. The summed E-state index contributed by atoms with van der Waals surface area (Å²) in [6, 6.07) is 5.25. The molecule has 1 atom stereocenters. The lowest BCUT2D eigenvalue weighted by Crippen LogP contribution is -2.32. The van der Waals surface area contributed by atoms with Crippen molar-refractivity contribution in [3.8, 4) is 0 Å². The molecular formula is C12H14N4O2. The third-order valence-electron chi connectivity index (χ3n) is 2.43. The lowest BCUT2D eigenvalue weighted by atomic mass is 10.2. The number of aromatic amines is 1. The summed E-state index contributed by atoms with van der Waals surface area (Å²) in [6.45, 7) is 0.358. The summed E-state index contributed by atoms with van der Waals surface area (Å²) in [5.74, 6) is -0.236. The molecule has 2 N–H and O–H groups in total. The number of rotatable bonds is 5. The molecule has 2 heterocycles. The Morgan fingerprint density at radius 2 is 2.44 bits per heavy atom. The third-order valence-corrected chi connectivity index (χ3v) is 2.43. The summed E-state index contributed by atoms with van der Waals surface area (Å²) in [6.07, 6.45) is 4.61. The van der Waals surface area contributed by atoms with Gasteiger partial charge in [-0.25, -0.2) is 4.98 Å². The fraction of sp³-hybridized carbons (Fsp3) is 0.250. The predicted octanol–water partition coefficient (Wildman–Crippen LogP) is 0.922. The zero-order chi connectivity index (χ0) is 12.8. The SMILES string of the molecule is COCC(NC(=O)c1cnc[nH]1)c1ccccn1. The van der Waals surface area contributed by atoms with E-state index in [4.69, 9.17) is 4.74 Å². The van der Waals surface area contributed by atoms with E-state index in [1.54, 1.807) is 13.3 Å². The Bertz CT molecular complexity index is 484. The first-order valence-corrected chi connectivity index (χ1v) is 5.50. The van der Waals surface area contributed by atoms with Gasteiger partial charge in [-0.2, -0.15) is 0 Å². The molecule has 1 unspecified atom stereocenters. The van der Waals surface area contributed by atoms with Gasteiger partial charge in [-0.05, 0) is 12.1 Å². The standard InChI is InChI=1S/C12H14N4O2/c1-18-7-11(9-4-2-3-5-14-9)16-12(17)10-6-13-8-15-10/h2-6,8,11H,7H2,1H3,(H,13,15)(H,16,17). The molecule has 0 aliphatic carbocycles. The Morgan fingerprint density at radius 3 is 3.06 bits per heavy atom. The minimum atomic E-state index is -0.285. The van der Waals surface area contributed by atoms with Gasteiger partial charge in [0, 0.05) is 13.3 Å². The minimum absolute atomic E-state index is 0.236. The van der Waals surface area contributed by atoms with E-state index in [1.165, 1.54) is 12.5 Å². The molecule has 0 aromatic carbocycles. The number of carbonyl (C=O) groups is 1. The number of pyridine rings is 1. The Morgan fingerprint density at radius 1 is 1.56 bits per heavy atom. The zero-order valence-corrected chi connectivity index (χ0v) is 9.96.